The SMILES string of the molecule is CCCC(C#N)N1CCN(CCOCCOC)CC1. The van der Waals surface area contributed by atoms with E-state index in [2.05, 4.69) is 22.8 Å². The van der Waals surface area contributed by atoms with Gasteiger partial charge in [-0.15, -0.1) is 0 Å². The van der Waals surface area contributed by atoms with Crippen molar-refractivity contribution in [2.24, 2.45) is 0 Å². The number of piperazine rings is 1. The van der Waals surface area contributed by atoms with Gasteiger partial charge < -0.3 is 9.47 Å². The Kier molecular flexibility index (Phi) is 8.76. The summed E-state index contributed by atoms with van der Waals surface area (Å²) in [7, 11) is 1.69. The Balaban J connectivity index is 2.13. The minimum atomic E-state index is 0.102. The van der Waals surface area contributed by atoms with Crippen LogP contribution in [-0.4, -0.2) is 75.5 Å². The fraction of sp³-hybridized carbons (Fsp3) is 0.929. The Morgan fingerprint density at radius 2 is 1.89 bits per heavy atom. The molecule has 1 fully saturated rings. The molecule has 1 heterocycles. The molecule has 0 amide bonds. The first-order valence-electron chi connectivity index (χ1n) is 7.24. The lowest BCUT2D eigenvalue weighted by Gasteiger charge is -2.36. The number of methoxy groups -OCH3 is 1. The largest absolute Gasteiger partial charge is 0.382 e. The fourth-order valence-electron chi connectivity index (χ4n) is 2.34. The first-order valence-corrected chi connectivity index (χ1v) is 7.24. The fourth-order valence-corrected chi connectivity index (χ4v) is 2.34. The average Bonchev–Trinajstić information content (AvgIpc) is 2.45. The highest BCUT2D eigenvalue weighted by molar-refractivity contribution is 4.93. The number of hydrogen-bond donors (Lipinski definition) is 0. The third-order valence-electron chi connectivity index (χ3n) is 3.54. The topological polar surface area (TPSA) is 48.7 Å². The number of nitrogens with zero attached hydrogens (tertiary/aromatic N) is 3. The first kappa shape index (κ1) is 16.4. The van der Waals surface area contributed by atoms with Gasteiger partial charge in [0.1, 0.15) is 0 Å². The first-order chi connectivity index (χ1) is 9.31. The highest BCUT2D eigenvalue weighted by atomic mass is 16.5. The van der Waals surface area contributed by atoms with Gasteiger partial charge in [-0.25, -0.2) is 0 Å². The minimum Gasteiger partial charge on any atom is -0.382 e. The zero-order chi connectivity index (χ0) is 13.9. The molecule has 1 atom stereocenters. The van der Waals surface area contributed by atoms with Crippen molar-refractivity contribution in [3.8, 4) is 6.07 Å². The third-order valence-corrected chi connectivity index (χ3v) is 3.54. The molecule has 110 valence electrons. The molecule has 0 N–H and O–H groups in total. The molecule has 5 nitrogen and oxygen atoms in total. The van der Waals surface area contributed by atoms with Crippen molar-refractivity contribution in [1.82, 2.24) is 9.80 Å². The standard InChI is InChI=1S/C14H27N3O2/c1-3-4-14(13-15)17-7-5-16(6-8-17)9-10-19-12-11-18-2/h14H,3-12H2,1-2H3. The Bertz CT molecular complexity index is 260. The second-order valence-corrected chi connectivity index (χ2v) is 4.92. The van der Waals surface area contributed by atoms with Gasteiger partial charge in [0.05, 0.1) is 31.9 Å². The van der Waals surface area contributed by atoms with Crippen LogP contribution < -0.4 is 0 Å². The van der Waals surface area contributed by atoms with E-state index in [1.165, 1.54) is 0 Å². The molecule has 0 spiro atoms. The van der Waals surface area contributed by atoms with Crippen molar-refractivity contribution in [2.45, 2.75) is 25.8 Å². The number of ether oxygens (including phenoxy) is 2. The van der Waals surface area contributed by atoms with Gasteiger partial charge in [0.2, 0.25) is 0 Å². The van der Waals surface area contributed by atoms with Crippen LogP contribution in [0.5, 0.6) is 0 Å². The van der Waals surface area contributed by atoms with Crippen molar-refractivity contribution < 1.29 is 9.47 Å². The molecular weight excluding hydrogens is 242 g/mol. The van der Waals surface area contributed by atoms with Gasteiger partial charge in [0, 0.05) is 39.8 Å². The summed E-state index contributed by atoms with van der Waals surface area (Å²) < 4.78 is 10.4. The van der Waals surface area contributed by atoms with Crippen LogP contribution in [0.15, 0.2) is 0 Å². The van der Waals surface area contributed by atoms with Gasteiger partial charge in [0.25, 0.3) is 0 Å². The van der Waals surface area contributed by atoms with E-state index >= 15 is 0 Å². The van der Waals surface area contributed by atoms with Gasteiger partial charge in [-0.3, -0.25) is 9.80 Å². The highest BCUT2D eigenvalue weighted by Crippen LogP contribution is 2.10. The van der Waals surface area contributed by atoms with E-state index in [1.54, 1.807) is 7.11 Å². The molecule has 1 unspecified atom stereocenters. The van der Waals surface area contributed by atoms with Crippen LogP contribution in [0.3, 0.4) is 0 Å². The molecule has 1 rings (SSSR count). The smallest absolute Gasteiger partial charge is 0.0978 e. The zero-order valence-corrected chi connectivity index (χ0v) is 12.3. The summed E-state index contributed by atoms with van der Waals surface area (Å²) in [6, 6.07) is 2.52. The average molecular weight is 269 g/mol. The van der Waals surface area contributed by atoms with Crippen molar-refractivity contribution in [3.05, 3.63) is 0 Å². The van der Waals surface area contributed by atoms with E-state index in [-0.39, 0.29) is 6.04 Å². The lowest BCUT2D eigenvalue weighted by molar-refractivity contribution is 0.0428. The maximum Gasteiger partial charge on any atom is 0.0978 e. The maximum atomic E-state index is 9.16. The van der Waals surface area contributed by atoms with E-state index in [1.807, 2.05) is 0 Å². The number of nitriles is 1. The van der Waals surface area contributed by atoms with E-state index in [0.717, 1.165) is 52.2 Å². The molecule has 1 aliphatic heterocycles. The second kappa shape index (κ2) is 10.2. The maximum absolute atomic E-state index is 9.16. The van der Waals surface area contributed by atoms with Crippen molar-refractivity contribution in [2.75, 3.05) is 59.7 Å². The summed E-state index contributed by atoms with van der Waals surface area (Å²) in [5.74, 6) is 0. The summed E-state index contributed by atoms with van der Waals surface area (Å²) >= 11 is 0. The van der Waals surface area contributed by atoms with E-state index in [9.17, 15) is 0 Å². The third kappa shape index (κ3) is 6.35. The predicted molar refractivity (Wildman–Crippen MR) is 75.0 cm³/mol. The molecule has 0 aliphatic carbocycles. The molecule has 0 aromatic rings. The Morgan fingerprint density at radius 3 is 2.47 bits per heavy atom. The predicted octanol–water partition coefficient (Wildman–Crippen LogP) is 0.959. The van der Waals surface area contributed by atoms with Crippen LogP contribution in [0.4, 0.5) is 0 Å². The lowest BCUT2D eigenvalue weighted by Crippen LogP contribution is -2.50. The molecule has 1 aliphatic rings. The van der Waals surface area contributed by atoms with Crippen LogP contribution in [0.2, 0.25) is 0 Å². The van der Waals surface area contributed by atoms with Gasteiger partial charge in [-0.05, 0) is 6.42 Å². The normalized spacial score (nSPS) is 19.2. The summed E-state index contributed by atoms with van der Waals surface area (Å²) in [4.78, 5) is 4.72. The Labute approximate surface area is 117 Å². The van der Waals surface area contributed by atoms with E-state index < -0.39 is 0 Å². The van der Waals surface area contributed by atoms with Crippen LogP contribution in [-0.2, 0) is 9.47 Å². The van der Waals surface area contributed by atoms with Crippen LogP contribution in [0.1, 0.15) is 19.8 Å². The van der Waals surface area contributed by atoms with Crippen molar-refractivity contribution >= 4 is 0 Å². The number of hydrogen-bond acceptors (Lipinski definition) is 5. The summed E-state index contributed by atoms with van der Waals surface area (Å²) in [5, 5.41) is 9.16. The van der Waals surface area contributed by atoms with Gasteiger partial charge >= 0.3 is 0 Å². The molecule has 0 saturated carbocycles. The molecule has 0 aromatic heterocycles. The summed E-state index contributed by atoms with van der Waals surface area (Å²) in [6.07, 6.45) is 2.06. The monoisotopic (exact) mass is 269 g/mol. The molecular formula is C14H27N3O2. The lowest BCUT2D eigenvalue weighted by atomic mass is 10.1. The van der Waals surface area contributed by atoms with Crippen molar-refractivity contribution in [3.63, 3.8) is 0 Å². The minimum absolute atomic E-state index is 0.102. The molecule has 5 heteroatoms. The van der Waals surface area contributed by atoms with Gasteiger partial charge in [-0.2, -0.15) is 5.26 Å². The molecule has 0 bridgehead atoms. The van der Waals surface area contributed by atoms with Crippen LogP contribution >= 0.6 is 0 Å². The highest BCUT2D eigenvalue weighted by Gasteiger charge is 2.22. The zero-order valence-electron chi connectivity index (χ0n) is 12.3. The quantitative estimate of drug-likeness (QED) is 0.584. The van der Waals surface area contributed by atoms with E-state index in [4.69, 9.17) is 14.7 Å². The molecule has 0 radical (unpaired) electrons. The molecule has 1 saturated heterocycles. The van der Waals surface area contributed by atoms with E-state index in [0.29, 0.717) is 13.2 Å². The Morgan fingerprint density at radius 1 is 1.16 bits per heavy atom. The van der Waals surface area contributed by atoms with Crippen LogP contribution in [0.25, 0.3) is 0 Å². The molecule has 19 heavy (non-hydrogen) atoms. The molecule has 0 aromatic carbocycles. The Hall–Kier alpha value is -0.670. The number of rotatable bonds is 9. The van der Waals surface area contributed by atoms with Crippen LogP contribution in [0, 0.1) is 11.3 Å². The summed E-state index contributed by atoms with van der Waals surface area (Å²) in [5.41, 5.74) is 0. The van der Waals surface area contributed by atoms with Gasteiger partial charge in [0.15, 0.2) is 0 Å². The van der Waals surface area contributed by atoms with Gasteiger partial charge in [-0.1, -0.05) is 13.3 Å². The van der Waals surface area contributed by atoms with Crippen molar-refractivity contribution in [1.29, 1.82) is 5.26 Å². The summed E-state index contributed by atoms with van der Waals surface area (Å²) in [6.45, 7) is 9.27. The second-order valence-electron chi connectivity index (χ2n) is 4.92.